The summed E-state index contributed by atoms with van der Waals surface area (Å²) in [6.45, 7) is 1.47. The van der Waals surface area contributed by atoms with Gasteiger partial charge in [-0.15, -0.1) is 0 Å². The molecule has 1 aliphatic heterocycles. The van der Waals surface area contributed by atoms with Gasteiger partial charge in [-0.2, -0.15) is 0 Å². The highest BCUT2D eigenvalue weighted by Crippen LogP contribution is 2.25. The van der Waals surface area contributed by atoms with E-state index in [9.17, 15) is 18.8 Å². The Hall–Kier alpha value is -2.71. The first kappa shape index (κ1) is 15.2. The predicted octanol–water partition coefficient (Wildman–Crippen LogP) is -0.316. The second kappa shape index (κ2) is 4.90. The van der Waals surface area contributed by atoms with E-state index in [0.29, 0.717) is 0 Å². The largest absolute Gasteiger partial charge is 0.398 e. The van der Waals surface area contributed by atoms with Gasteiger partial charge >= 0.3 is 0 Å². The Labute approximate surface area is 131 Å². The van der Waals surface area contributed by atoms with Gasteiger partial charge in [0.25, 0.3) is 5.56 Å². The molecule has 1 fully saturated rings. The van der Waals surface area contributed by atoms with E-state index in [2.05, 4.69) is 10.3 Å². The highest BCUT2D eigenvalue weighted by Gasteiger charge is 2.41. The first-order chi connectivity index (χ1) is 10.7. The monoisotopic (exact) mass is 314 g/mol. The molecule has 3 rings (SSSR count). The van der Waals surface area contributed by atoms with Gasteiger partial charge in [-0.1, -0.05) is 0 Å². The van der Waals surface area contributed by atoms with Crippen LogP contribution in [0.4, 0.5) is 10.1 Å². The number of rotatable bonds is 1. The van der Waals surface area contributed by atoms with Crippen molar-refractivity contribution in [1.82, 2.24) is 14.9 Å². The van der Waals surface area contributed by atoms with Gasteiger partial charge in [0, 0.05) is 18.2 Å². The van der Waals surface area contributed by atoms with Crippen LogP contribution in [0.3, 0.4) is 0 Å². The number of aryl methyl sites for hydroxylation is 1. The third-order valence-electron chi connectivity index (χ3n) is 3.91. The van der Waals surface area contributed by atoms with Gasteiger partial charge in [-0.3, -0.25) is 24.3 Å². The molecule has 0 spiro atoms. The first-order valence-electron chi connectivity index (χ1n) is 6.86. The maximum atomic E-state index is 13.4. The number of amides is 2. The van der Waals surface area contributed by atoms with Gasteiger partial charge in [0.2, 0.25) is 11.8 Å². The molecule has 23 heavy (non-hydrogen) atoms. The molecule has 2 radical (unpaired) electrons. The molecule has 116 valence electrons. The number of nitrogens with zero attached hydrogens (tertiary/aromatic N) is 2. The summed E-state index contributed by atoms with van der Waals surface area (Å²) in [4.78, 5) is 40.4. The van der Waals surface area contributed by atoms with Crippen LogP contribution in [0.1, 0.15) is 18.7 Å². The van der Waals surface area contributed by atoms with Crippen molar-refractivity contribution in [3.8, 4) is 0 Å². The van der Waals surface area contributed by atoms with E-state index >= 15 is 0 Å². The van der Waals surface area contributed by atoms with Crippen molar-refractivity contribution in [2.45, 2.75) is 25.2 Å². The Morgan fingerprint density at radius 1 is 1.39 bits per heavy atom. The van der Waals surface area contributed by atoms with E-state index in [0.717, 1.165) is 16.7 Å². The van der Waals surface area contributed by atoms with Crippen molar-refractivity contribution >= 4 is 36.3 Å². The molecule has 2 heterocycles. The smallest absolute Gasteiger partial charge is 0.263 e. The molecule has 3 N–H and O–H groups in total. The lowest BCUT2D eigenvalue weighted by molar-refractivity contribution is -0.137. The molecule has 2 amide bonds. The lowest BCUT2D eigenvalue weighted by Gasteiger charge is -2.35. The number of nitrogens with one attached hydrogen (secondary N) is 1. The summed E-state index contributed by atoms with van der Waals surface area (Å²) in [5.74, 6) is -1.75. The molecule has 1 saturated heterocycles. The molecule has 0 saturated carbocycles. The lowest BCUT2D eigenvalue weighted by atomic mass is 9.71. The number of nitrogen functional groups attached to an aromatic ring is 1. The normalized spacial score (nSPS) is 21.5. The number of benzene rings is 1. The number of carbonyl (C=O) groups is 2. The number of piperidine rings is 1. The van der Waals surface area contributed by atoms with Gasteiger partial charge in [0.1, 0.15) is 19.5 Å². The minimum absolute atomic E-state index is 0.00887. The Kier molecular flexibility index (Phi) is 3.24. The van der Waals surface area contributed by atoms with Crippen molar-refractivity contribution in [3.05, 3.63) is 34.1 Å². The van der Waals surface area contributed by atoms with Gasteiger partial charge < -0.3 is 5.73 Å². The van der Waals surface area contributed by atoms with E-state index in [1.54, 1.807) is 0 Å². The topological polar surface area (TPSA) is 107 Å². The average molecular weight is 314 g/mol. The molecule has 0 aliphatic carbocycles. The third kappa shape index (κ3) is 2.19. The number of carbonyl (C=O) groups excluding carboxylic acids is 2. The van der Waals surface area contributed by atoms with E-state index < -0.39 is 28.6 Å². The number of hydrogen-bond donors (Lipinski definition) is 2. The summed E-state index contributed by atoms with van der Waals surface area (Å²) in [7, 11) is 6.10. The van der Waals surface area contributed by atoms with Gasteiger partial charge in [-0.05, 0) is 19.4 Å². The third-order valence-corrected chi connectivity index (χ3v) is 3.91. The number of aromatic nitrogens is 2. The Balaban J connectivity index is 2.33. The second-order valence-electron chi connectivity index (χ2n) is 5.49. The molecule has 1 aliphatic rings. The fourth-order valence-electron chi connectivity index (χ4n) is 2.82. The van der Waals surface area contributed by atoms with Crippen LogP contribution in [0.5, 0.6) is 0 Å². The second-order valence-corrected chi connectivity index (χ2v) is 5.49. The summed E-state index contributed by atoms with van der Waals surface area (Å²) in [6, 6.07) is 2.08. The Bertz CT molecular complexity index is 926. The van der Waals surface area contributed by atoms with Gasteiger partial charge in [0.05, 0.1) is 16.3 Å². The van der Waals surface area contributed by atoms with Crippen LogP contribution in [0, 0.1) is 12.7 Å². The summed E-state index contributed by atoms with van der Waals surface area (Å²) >= 11 is 0. The van der Waals surface area contributed by atoms with Crippen molar-refractivity contribution in [1.29, 1.82) is 0 Å². The van der Waals surface area contributed by atoms with Crippen molar-refractivity contribution in [3.63, 3.8) is 0 Å². The molecule has 7 nitrogen and oxygen atoms in total. The number of halogens is 1. The van der Waals surface area contributed by atoms with E-state index in [4.69, 9.17) is 13.6 Å². The first-order valence-corrected chi connectivity index (χ1v) is 6.86. The maximum absolute atomic E-state index is 13.4. The SMILES string of the molecule is [B][C@@]1(n2c(C)nc3cc(F)cc(N)c3c2=O)CCC(=O)NC1=O. The molecular weight excluding hydrogens is 302 g/mol. The van der Waals surface area contributed by atoms with Gasteiger partial charge in [-0.25, -0.2) is 9.37 Å². The standard InChI is InChI=1S/C14H12BFN4O3/c1-6-18-9-5-7(16)4-8(17)11(9)12(22)20(6)14(15)3-2-10(21)19-13(14)23/h4-5H,2-3,17H2,1H3,(H,19,21,23)/t14-/m1/s1. The highest BCUT2D eigenvalue weighted by atomic mass is 19.1. The lowest BCUT2D eigenvalue weighted by Crippen LogP contribution is -2.58. The minimum atomic E-state index is -1.75. The predicted molar refractivity (Wildman–Crippen MR) is 81.2 cm³/mol. The van der Waals surface area contributed by atoms with Crippen LogP contribution in [-0.2, 0) is 15.0 Å². The van der Waals surface area contributed by atoms with E-state index in [1.165, 1.54) is 6.92 Å². The quantitative estimate of drug-likeness (QED) is 0.426. The van der Waals surface area contributed by atoms with Crippen molar-refractivity contribution in [2.24, 2.45) is 0 Å². The summed E-state index contributed by atoms with van der Waals surface area (Å²) < 4.78 is 14.4. The Morgan fingerprint density at radius 2 is 2.09 bits per heavy atom. The maximum Gasteiger partial charge on any atom is 0.263 e. The highest BCUT2D eigenvalue weighted by molar-refractivity contribution is 6.28. The van der Waals surface area contributed by atoms with Crippen LogP contribution in [-0.4, -0.2) is 29.2 Å². The van der Waals surface area contributed by atoms with Gasteiger partial charge in [0.15, 0.2) is 0 Å². The molecule has 1 aromatic carbocycles. The summed E-state index contributed by atoms with van der Waals surface area (Å²) in [5, 5.41) is 2.09. The van der Waals surface area contributed by atoms with Crippen LogP contribution in [0.2, 0.25) is 0 Å². The fraction of sp³-hybridized carbons (Fsp3) is 0.286. The zero-order chi connectivity index (χ0) is 16.9. The number of anilines is 1. The van der Waals surface area contributed by atoms with E-state index in [-0.39, 0.29) is 35.3 Å². The zero-order valence-corrected chi connectivity index (χ0v) is 12.2. The average Bonchev–Trinajstić information content (AvgIpc) is 2.42. The summed E-state index contributed by atoms with van der Waals surface area (Å²) in [5.41, 5.74) is 3.29. The minimum Gasteiger partial charge on any atom is -0.398 e. The number of hydrogen-bond acceptors (Lipinski definition) is 5. The molecule has 0 bridgehead atoms. The molecule has 9 heteroatoms. The zero-order valence-electron chi connectivity index (χ0n) is 12.2. The van der Waals surface area contributed by atoms with Crippen molar-refractivity contribution in [2.75, 3.05) is 5.73 Å². The number of nitrogens with two attached hydrogens (primary N) is 1. The van der Waals surface area contributed by atoms with Crippen LogP contribution >= 0.6 is 0 Å². The molecular formula is C14H12BFN4O3. The molecule has 0 unspecified atom stereocenters. The van der Waals surface area contributed by atoms with Crippen LogP contribution in [0.25, 0.3) is 10.9 Å². The summed E-state index contributed by atoms with van der Waals surface area (Å²) in [6.07, 6.45) is -0.0578. The molecule has 1 aromatic heterocycles. The fourth-order valence-corrected chi connectivity index (χ4v) is 2.82. The Morgan fingerprint density at radius 3 is 2.74 bits per heavy atom. The van der Waals surface area contributed by atoms with E-state index in [1.807, 2.05) is 0 Å². The molecule has 1 atom stereocenters. The van der Waals surface area contributed by atoms with Crippen molar-refractivity contribution < 1.29 is 14.0 Å². The number of fused-ring (bicyclic) bond motifs is 1. The number of imide groups is 1. The molecule has 2 aromatic rings. The van der Waals surface area contributed by atoms with Crippen LogP contribution < -0.4 is 16.6 Å². The van der Waals surface area contributed by atoms with Crippen LogP contribution in [0.15, 0.2) is 16.9 Å².